The van der Waals surface area contributed by atoms with Crippen LogP contribution in [0.4, 0.5) is 8.78 Å². The number of halogens is 2. The highest BCUT2D eigenvalue weighted by molar-refractivity contribution is 5.90. The molecule has 0 saturated heterocycles. The van der Waals surface area contributed by atoms with Crippen molar-refractivity contribution in [2.45, 2.75) is 19.0 Å². The summed E-state index contributed by atoms with van der Waals surface area (Å²) >= 11 is 0. The van der Waals surface area contributed by atoms with Crippen LogP contribution in [0.3, 0.4) is 0 Å². The van der Waals surface area contributed by atoms with Crippen LogP contribution in [0.25, 0.3) is 0 Å². The predicted molar refractivity (Wildman–Crippen MR) is 38.4 cm³/mol. The number of esters is 1. The van der Waals surface area contributed by atoms with Gasteiger partial charge < -0.3 is 9.47 Å². The van der Waals surface area contributed by atoms with Crippen molar-refractivity contribution in [1.29, 1.82) is 0 Å². The van der Waals surface area contributed by atoms with Gasteiger partial charge in [-0.25, -0.2) is 4.79 Å². The maximum absolute atomic E-state index is 12.9. The van der Waals surface area contributed by atoms with Gasteiger partial charge in [0.15, 0.2) is 0 Å². The lowest BCUT2D eigenvalue weighted by Gasteiger charge is -2.20. The summed E-state index contributed by atoms with van der Waals surface area (Å²) in [6, 6.07) is 0. The van der Waals surface area contributed by atoms with E-state index in [1.807, 2.05) is 0 Å². The SMILES string of the molecule is COC(=O)C(OC)C(F)(F)C(C)=O. The average Bonchev–Trinajstić information content (AvgIpc) is 2.04. The highest BCUT2D eigenvalue weighted by Gasteiger charge is 2.50. The molecule has 0 spiro atoms. The number of ketones is 1. The molecule has 13 heavy (non-hydrogen) atoms. The molecule has 0 bridgehead atoms. The second-order valence-corrected chi connectivity index (χ2v) is 2.32. The molecule has 6 heteroatoms. The number of carbonyl (C=O) groups excluding carboxylic acids is 2. The second-order valence-electron chi connectivity index (χ2n) is 2.32. The van der Waals surface area contributed by atoms with Crippen LogP contribution in [-0.4, -0.2) is 38.0 Å². The third-order valence-electron chi connectivity index (χ3n) is 1.45. The van der Waals surface area contributed by atoms with E-state index < -0.39 is 23.8 Å². The van der Waals surface area contributed by atoms with Crippen molar-refractivity contribution in [2.24, 2.45) is 0 Å². The zero-order valence-corrected chi connectivity index (χ0v) is 7.47. The topological polar surface area (TPSA) is 52.6 Å². The second kappa shape index (κ2) is 4.27. The Balaban J connectivity index is 4.76. The number of methoxy groups -OCH3 is 2. The van der Waals surface area contributed by atoms with Gasteiger partial charge in [-0.2, -0.15) is 8.78 Å². The van der Waals surface area contributed by atoms with Crippen molar-refractivity contribution >= 4 is 11.8 Å². The summed E-state index contributed by atoms with van der Waals surface area (Å²) < 4.78 is 34.0. The summed E-state index contributed by atoms with van der Waals surface area (Å²) in [4.78, 5) is 21.2. The lowest BCUT2D eigenvalue weighted by Crippen LogP contribution is -2.46. The molecule has 4 nitrogen and oxygen atoms in total. The number of rotatable bonds is 4. The Morgan fingerprint density at radius 1 is 1.31 bits per heavy atom. The molecule has 0 aliphatic heterocycles. The lowest BCUT2D eigenvalue weighted by atomic mass is 10.1. The fourth-order valence-corrected chi connectivity index (χ4v) is 0.684. The Kier molecular flexibility index (Phi) is 3.93. The van der Waals surface area contributed by atoms with E-state index in [9.17, 15) is 18.4 Å². The van der Waals surface area contributed by atoms with Gasteiger partial charge in [-0.1, -0.05) is 0 Å². The largest absolute Gasteiger partial charge is 0.467 e. The molecule has 0 aromatic carbocycles. The van der Waals surface area contributed by atoms with Gasteiger partial charge in [0.2, 0.25) is 11.9 Å². The summed E-state index contributed by atoms with van der Waals surface area (Å²) in [5.74, 6) is -6.56. The lowest BCUT2D eigenvalue weighted by molar-refractivity contribution is -0.184. The minimum absolute atomic E-state index is 0.676. The van der Waals surface area contributed by atoms with Gasteiger partial charge in [0.25, 0.3) is 0 Å². The molecule has 0 aromatic rings. The summed E-state index contributed by atoms with van der Waals surface area (Å²) in [5.41, 5.74) is 0. The molecular formula is C7H10F2O4. The van der Waals surface area contributed by atoms with Crippen molar-refractivity contribution in [3.8, 4) is 0 Å². The average molecular weight is 196 g/mol. The van der Waals surface area contributed by atoms with Crippen molar-refractivity contribution in [2.75, 3.05) is 14.2 Å². The van der Waals surface area contributed by atoms with Crippen LogP contribution < -0.4 is 0 Å². The molecule has 76 valence electrons. The first-order valence-electron chi connectivity index (χ1n) is 3.37. The summed E-state index contributed by atoms with van der Waals surface area (Å²) in [7, 11) is 1.84. The van der Waals surface area contributed by atoms with Gasteiger partial charge in [-0.05, 0) is 0 Å². The van der Waals surface area contributed by atoms with Crippen LogP contribution in [0.2, 0.25) is 0 Å². The molecule has 1 unspecified atom stereocenters. The van der Waals surface area contributed by atoms with Gasteiger partial charge in [-0.15, -0.1) is 0 Å². The van der Waals surface area contributed by atoms with E-state index in [1.54, 1.807) is 0 Å². The third-order valence-corrected chi connectivity index (χ3v) is 1.45. The van der Waals surface area contributed by atoms with Gasteiger partial charge >= 0.3 is 11.9 Å². The molecule has 0 saturated carbocycles. The summed E-state index contributed by atoms with van der Waals surface area (Å²) in [5, 5.41) is 0. The maximum atomic E-state index is 12.9. The number of alkyl halides is 2. The number of hydrogen-bond donors (Lipinski definition) is 0. The van der Waals surface area contributed by atoms with Crippen LogP contribution >= 0.6 is 0 Å². The van der Waals surface area contributed by atoms with Gasteiger partial charge in [0.1, 0.15) is 0 Å². The minimum Gasteiger partial charge on any atom is -0.467 e. The first kappa shape index (κ1) is 12.0. The molecule has 0 N–H and O–H groups in total. The van der Waals surface area contributed by atoms with Crippen LogP contribution in [0, 0.1) is 0 Å². The van der Waals surface area contributed by atoms with E-state index in [4.69, 9.17) is 0 Å². The molecule has 0 fully saturated rings. The fraction of sp³-hybridized carbons (Fsp3) is 0.714. The van der Waals surface area contributed by atoms with Crippen molar-refractivity contribution < 1.29 is 27.8 Å². The zero-order valence-electron chi connectivity index (χ0n) is 7.47. The van der Waals surface area contributed by atoms with Crippen LogP contribution in [0.1, 0.15) is 6.92 Å². The standard InChI is InChI=1S/C7H10F2O4/c1-4(10)7(8,9)5(12-2)6(11)13-3/h5H,1-3H3. The van der Waals surface area contributed by atoms with E-state index >= 15 is 0 Å². The number of ether oxygens (including phenoxy) is 2. The smallest absolute Gasteiger partial charge is 0.341 e. The highest BCUT2D eigenvalue weighted by Crippen LogP contribution is 2.22. The number of hydrogen-bond acceptors (Lipinski definition) is 4. The van der Waals surface area contributed by atoms with Gasteiger partial charge in [-0.3, -0.25) is 4.79 Å². The van der Waals surface area contributed by atoms with Crippen LogP contribution in [0.15, 0.2) is 0 Å². The van der Waals surface area contributed by atoms with E-state index in [-0.39, 0.29) is 0 Å². The summed E-state index contributed by atoms with van der Waals surface area (Å²) in [6.07, 6.45) is -2.17. The minimum atomic E-state index is -3.85. The molecule has 0 aliphatic rings. The summed E-state index contributed by atoms with van der Waals surface area (Å²) in [6.45, 7) is 0.676. The van der Waals surface area contributed by atoms with Gasteiger partial charge in [0, 0.05) is 14.0 Å². The maximum Gasteiger partial charge on any atom is 0.341 e. The molecule has 0 amide bonds. The van der Waals surface area contributed by atoms with E-state index in [0.29, 0.717) is 6.92 Å². The number of carbonyl (C=O) groups is 2. The number of Topliss-reactive ketones (excluding diaryl/α,β-unsaturated/α-hetero) is 1. The molecule has 0 aromatic heterocycles. The quantitative estimate of drug-likeness (QED) is 0.610. The van der Waals surface area contributed by atoms with E-state index in [1.165, 1.54) is 0 Å². The molecular weight excluding hydrogens is 186 g/mol. The first-order chi connectivity index (χ1) is 5.87. The van der Waals surface area contributed by atoms with Crippen molar-refractivity contribution in [3.05, 3.63) is 0 Å². The Labute approximate surface area is 73.8 Å². The Bertz CT molecular complexity index is 215. The highest BCUT2D eigenvalue weighted by atomic mass is 19.3. The molecule has 0 heterocycles. The normalized spacial score (nSPS) is 13.6. The molecule has 0 radical (unpaired) electrons. The van der Waals surface area contributed by atoms with E-state index in [0.717, 1.165) is 14.2 Å². The Morgan fingerprint density at radius 2 is 1.77 bits per heavy atom. The van der Waals surface area contributed by atoms with Crippen LogP contribution in [-0.2, 0) is 19.1 Å². The molecule has 0 rings (SSSR count). The first-order valence-corrected chi connectivity index (χ1v) is 3.37. The Morgan fingerprint density at radius 3 is 2.00 bits per heavy atom. The van der Waals surface area contributed by atoms with Crippen LogP contribution in [0.5, 0.6) is 0 Å². The van der Waals surface area contributed by atoms with Crippen molar-refractivity contribution in [1.82, 2.24) is 0 Å². The molecule has 0 aliphatic carbocycles. The van der Waals surface area contributed by atoms with Crippen molar-refractivity contribution in [3.63, 3.8) is 0 Å². The van der Waals surface area contributed by atoms with E-state index in [2.05, 4.69) is 9.47 Å². The zero-order chi connectivity index (χ0) is 10.6. The molecule has 1 atom stereocenters. The monoisotopic (exact) mass is 196 g/mol. The fourth-order valence-electron chi connectivity index (χ4n) is 0.684. The Hall–Kier alpha value is -1.04. The predicted octanol–water partition coefficient (Wildman–Crippen LogP) is 0.399. The van der Waals surface area contributed by atoms with Gasteiger partial charge in [0.05, 0.1) is 7.11 Å². The third kappa shape index (κ3) is 2.45.